The van der Waals surface area contributed by atoms with Gasteiger partial charge in [-0.2, -0.15) is 0 Å². The summed E-state index contributed by atoms with van der Waals surface area (Å²) in [5, 5.41) is 0. The SMILES string of the molecule is CC=C(CCC)CCCCCCCCCC. The minimum Gasteiger partial charge on any atom is -0.0885 e. The van der Waals surface area contributed by atoms with Crippen molar-refractivity contribution in [3.05, 3.63) is 11.6 Å². The molecule has 0 saturated heterocycles. The number of allylic oxidation sites excluding steroid dienone is 2. The van der Waals surface area contributed by atoms with E-state index in [2.05, 4.69) is 26.8 Å². The maximum Gasteiger partial charge on any atom is -0.0320 e. The van der Waals surface area contributed by atoms with E-state index in [1.54, 1.807) is 5.57 Å². The van der Waals surface area contributed by atoms with Crippen molar-refractivity contribution in [3.63, 3.8) is 0 Å². The van der Waals surface area contributed by atoms with Gasteiger partial charge in [0.15, 0.2) is 0 Å². The van der Waals surface area contributed by atoms with Gasteiger partial charge >= 0.3 is 0 Å². The molecule has 0 aliphatic rings. The third-order valence-electron chi connectivity index (χ3n) is 3.33. The first kappa shape index (κ1) is 15.7. The first-order valence-electron chi connectivity index (χ1n) is 7.49. The van der Waals surface area contributed by atoms with Gasteiger partial charge in [0.2, 0.25) is 0 Å². The Morgan fingerprint density at radius 2 is 1.25 bits per heavy atom. The summed E-state index contributed by atoms with van der Waals surface area (Å²) < 4.78 is 0. The summed E-state index contributed by atoms with van der Waals surface area (Å²) in [6.07, 6.45) is 17.7. The molecule has 0 aliphatic carbocycles. The molecule has 0 nitrogen and oxygen atoms in total. The van der Waals surface area contributed by atoms with Gasteiger partial charge in [-0.3, -0.25) is 0 Å². The fraction of sp³-hybridized carbons (Fsp3) is 0.875. The van der Waals surface area contributed by atoms with E-state index in [1.807, 2.05) is 0 Å². The maximum atomic E-state index is 2.32. The molecule has 0 aromatic rings. The Hall–Kier alpha value is -0.260. The monoisotopic (exact) mass is 224 g/mol. The molecule has 0 spiro atoms. The third-order valence-corrected chi connectivity index (χ3v) is 3.33. The van der Waals surface area contributed by atoms with Crippen LogP contribution in [0.25, 0.3) is 0 Å². The minimum absolute atomic E-state index is 1.30. The lowest BCUT2D eigenvalue weighted by molar-refractivity contribution is 0.572. The highest BCUT2D eigenvalue weighted by Gasteiger charge is 1.96. The van der Waals surface area contributed by atoms with Crippen molar-refractivity contribution in [2.45, 2.75) is 91.4 Å². The summed E-state index contributed by atoms with van der Waals surface area (Å²) in [4.78, 5) is 0. The third kappa shape index (κ3) is 10.3. The second-order valence-electron chi connectivity index (χ2n) is 4.92. The molecule has 0 rings (SSSR count). The zero-order valence-corrected chi connectivity index (χ0v) is 11.9. The van der Waals surface area contributed by atoms with Gasteiger partial charge in [0, 0.05) is 0 Å². The van der Waals surface area contributed by atoms with Gasteiger partial charge < -0.3 is 0 Å². The Labute approximate surface area is 104 Å². The number of unbranched alkanes of at least 4 members (excludes halogenated alkanes) is 7. The Morgan fingerprint density at radius 1 is 0.688 bits per heavy atom. The molecule has 0 bridgehead atoms. The smallest absolute Gasteiger partial charge is 0.0320 e. The molecule has 16 heavy (non-hydrogen) atoms. The van der Waals surface area contributed by atoms with Crippen LogP contribution in [-0.4, -0.2) is 0 Å². The quantitative estimate of drug-likeness (QED) is 0.287. The fourth-order valence-corrected chi connectivity index (χ4v) is 2.22. The standard InChI is InChI=1S/C16H32/c1-4-7-8-9-10-11-12-13-15-16(6-3)14-5-2/h6H,4-5,7-15H2,1-3H3. The summed E-state index contributed by atoms with van der Waals surface area (Å²) in [7, 11) is 0. The molecule has 0 atom stereocenters. The fourth-order valence-electron chi connectivity index (χ4n) is 2.22. The van der Waals surface area contributed by atoms with Crippen LogP contribution in [0.1, 0.15) is 91.4 Å². The number of hydrogen-bond acceptors (Lipinski definition) is 0. The van der Waals surface area contributed by atoms with Crippen molar-refractivity contribution >= 4 is 0 Å². The van der Waals surface area contributed by atoms with Gasteiger partial charge in [0.05, 0.1) is 0 Å². The molecule has 0 aromatic heterocycles. The Balaban J connectivity index is 3.19. The second kappa shape index (κ2) is 12.8. The molecule has 0 fully saturated rings. The van der Waals surface area contributed by atoms with Crippen molar-refractivity contribution < 1.29 is 0 Å². The van der Waals surface area contributed by atoms with Gasteiger partial charge in [-0.1, -0.05) is 76.9 Å². The molecular weight excluding hydrogens is 192 g/mol. The lowest BCUT2D eigenvalue weighted by Crippen LogP contribution is -1.85. The Kier molecular flexibility index (Phi) is 12.6. The molecule has 0 amide bonds. The first-order valence-corrected chi connectivity index (χ1v) is 7.49. The number of hydrogen-bond donors (Lipinski definition) is 0. The van der Waals surface area contributed by atoms with Crippen LogP contribution in [0.2, 0.25) is 0 Å². The van der Waals surface area contributed by atoms with Crippen molar-refractivity contribution in [1.29, 1.82) is 0 Å². The molecule has 0 heteroatoms. The summed E-state index contributed by atoms with van der Waals surface area (Å²) in [6.45, 7) is 6.75. The minimum atomic E-state index is 1.30. The van der Waals surface area contributed by atoms with Crippen LogP contribution in [0.15, 0.2) is 11.6 Å². The van der Waals surface area contributed by atoms with Crippen molar-refractivity contribution in [1.82, 2.24) is 0 Å². The lowest BCUT2D eigenvalue weighted by atomic mass is 10.0. The van der Waals surface area contributed by atoms with Gasteiger partial charge in [-0.25, -0.2) is 0 Å². The molecule has 0 aromatic carbocycles. The summed E-state index contributed by atoms with van der Waals surface area (Å²) in [5.74, 6) is 0. The van der Waals surface area contributed by atoms with E-state index in [0.29, 0.717) is 0 Å². The van der Waals surface area contributed by atoms with Gasteiger partial charge in [0.25, 0.3) is 0 Å². The summed E-state index contributed by atoms with van der Waals surface area (Å²) >= 11 is 0. The topological polar surface area (TPSA) is 0 Å². The van der Waals surface area contributed by atoms with E-state index in [4.69, 9.17) is 0 Å². The summed E-state index contributed by atoms with van der Waals surface area (Å²) in [5.41, 5.74) is 1.67. The van der Waals surface area contributed by atoms with Crippen LogP contribution < -0.4 is 0 Å². The van der Waals surface area contributed by atoms with Crippen LogP contribution in [0.4, 0.5) is 0 Å². The average Bonchev–Trinajstić information content (AvgIpc) is 2.31. The van der Waals surface area contributed by atoms with E-state index in [1.165, 1.54) is 70.6 Å². The molecule has 96 valence electrons. The van der Waals surface area contributed by atoms with Gasteiger partial charge in [-0.15, -0.1) is 0 Å². The van der Waals surface area contributed by atoms with Crippen molar-refractivity contribution in [3.8, 4) is 0 Å². The molecular formula is C16H32. The van der Waals surface area contributed by atoms with E-state index < -0.39 is 0 Å². The molecule has 0 N–H and O–H groups in total. The Morgan fingerprint density at radius 3 is 1.75 bits per heavy atom. The zero-order valence-electron chi connectivity index (χ0n) is 11.9. The summed E-state index contributed by atoms with van der Waals surface area (Å²) in [6, 6.07) is 0. The van der Waals surface area contributed by atoms with E-state index in [9.17, 15) is 0 Å². The predicted octanol–water partition coefficient (Wildman–Crippen LogP) is 6.26. The molecule has 0 heterocycles. The van der Waals surface area contributed by atoms with Gasteiger partial charge in [-0.05, 0) is 26.2 Å². The van der Waals surface area contributed by atoms with E-state index >= 15 is 0 Å². The van der Waals surface area contributed by atoms with Crippen LogP contribution in [0, 0.1) is 0 Å². The second-order valence-corrected chi connectivity index (χ2v) is 4.92. The van der Waals surface area contributed by atoms with Crippen LogP contribution >= 0.6 is 0 Å². The van der Waals surface area contributed by atoms with E-state index in [-0.39, 0.29) is 0 Å². The number of rotatable bonds is 11. The molecule has 0 aliphatic heterocycles. The molecule has 0 radical (unpaired) electrons. The van der Waals surface area contributed by atoms with Gasteiger partial charge in [0.1, 0.15) is 0 Å². The maximum absolute atomic E-state index is 2.32. The molecule has 0 unspecified atom stereocenters. The van der Waals surface area contributed by atoms with Crippen molar-refractivity contribution in [2.75, 3.05) is 0 Å². The Bertz CT molecular complexity index is 155. The molecule has 0 saturated carbocycles. The predicted molar refractivity (Wildman–Crippen MR) is 75.9 cm³/mol. The first-order chi connectivity index (χ1) is 7.85. The highest BCUT2D eigenvalue weighted by Crippen LogP contribution is 2.15. The zero-order chi connectivity index (χ0) is 12.1. The lowest BCUT2D eigenvalue weighted by Gasteiger charge is -2.05. The normalized spacial score (nSPS) is 12.1. The van der Waals surface area contributed by atoms with Crippen LogP contribution in [-0.2, 0) is 0 Å². The van der Waals surface area contributed by atoms with E-state index in [0.717, 1.165) is 0 Å². The van der Waals surface area contributed by atoms with Crippen LogP contribution in [0.5, 0.6) is 0 Å². The van der Waals surface area contributed by atoms with Crippen LogP contribution in [0.3, 0.4) is 0 Å². The van der Waals surface area contributed by atoms with Crippen molar-refractivity contribution in [2.24, 2.45) is 0 Å². The largest absolute Gasteiger partial charge is 0.0885 e. The highest BCUT2D eigenvalue weighted by atomic mass is 14.0. The highest BCUT2D eigenvalue weighted by molar-refractivity contribution is 4.99. The average molecular weight is 224 g/mol.